The Bertz CT molecular complexity index is 378. The number of halogens is 7. The molecule has 0 amide bonds. The van der Waals surface area contributed by atoms with Gasteiger partial charge in [-0.05, 0) is 12.8 Å². The molecule has 0 aliphatic carbocycles. The predicted octanol–water partition coefficient (Wildman–Crippen LogP) is 4.56. The van der Waals surface area contributed by atoms with Crippen molar-refractivity contribution in [2.75, 3.05) is 0 Å². The Balaban J connectivity index is 5.09. The first-order valence-corrected chi connectivity index (χ1v) is 6.62. The van der Waals surface area contributed by atoms with Crippen LogP contribution in [0.25, 0.3) is 0 Å². The van der Waals surface area contributed by atoms with E-state index in [2.05, 4.69) is 0 Å². The van der Waals surface area contributed by atoms with Crippen molar-refractivity contribution >= 4 is 11.6 Å². The number of hydrogen-bond acceptors (Lipinski definition) is 2. The van der Waals surface area contributed by atoms with Gasteiger partial charge in [-0.25, -0.2) is 4.39 Å². The maximum atomic E-state index is 14.0. The second-order valence-electron chi connectivity index (χ2n) is 5.07. The third-order valence-corrected chi connectivity index (χ3v) is 3.37. The Hall–Kier alpha value is -1.15. The highest BCUT2D eigenvalue weighted by Crippen LogP contribution is 2.34. The largest absolute Gasteiger partial charge is 0.389 e. The fraction of sp³-hybridized carbons (Fsp3) is 0.846. The van der Waals surface area contributed by atoms with Crippen molar-refractivity contribution in [3.8, 4) is 0 Å². The zero-order chi connectivity index (χ0) is 17.8. The molecule has 0 saturated carbocycles. The number of hydrogen-bond donors (Lipinski definition) is 0. The molecule has 0 fully saturated rings. The zero-order valence-corrected chi connectivity index (χ0v) is 12.1. The van der Waals surface area contributed by atoms with Gasteiger partial charge >= 0.3 is 12.4 Å². The number of rotatable bonds is 8. The van der Waals surface area contributed by atoms with Crippen molar-refractivity contribution < 1.29 is 40.3 Å². The molecule has 9 heteroatoms. The molecule has 0 heterocycles. The molecule has 0 bridgehead atoms. The van der Waals surface area contributed by atoms with Gasteiger partial charge in [0, 0.05) is 5.92 Å². The van der Waals surface area contributed by atoms with Crippen LogP contribution >= 0.6 is 0 Å². The predicted molar refractivity (Wildman–Crippen MR) is 63.9 cm³/mol. The van der Waals surface area contributed by atoms with E-state index in [1.807, 2.05) is 0 Å². The highest BCUT2D eigenvalue weighted by atomic mass is 19.4. The molecule has 0 aliphatic rings. The monoisotopic (exact) mass is 338 g/mol. The molecule has 0 aliphatic heterocycles. The van der Waals surface area contributed by atoms with Gasteiger partial charge in [-0.2, -0.15) is 26.3 Å². The minimum Gasteiger partial charge on any atom is -0.299 e. The molecule has 0 N–H and O–H groups in total. The highest BCUT2D eigenvalue weighted by molar-refractivity contribution is 6.03. The van der Waals surface area contributed by atoms with Gasteiger partial charge in [0.05, 0.1) is 19.3 Å². The summed E-state index contributed by atoms with van der Waals surface area (Å²) in [4.78, 5) is 23.2. The number of carbonyl (C=O) groups excluding carboxylic acids is 2. The summed E-state index contributed by atoms with van der Waals surface area (Å²) in [5.74, 6) is -5.25. The molecule has 0 aromatic rings. The molecule has 0 rings (SSSR count). The highest BCUT2D eigenvalue weighted by Gasteiger charge is 2.44. The molecule has 0 aromatic carbocycles. The van der Waals surface area contributed by atoms with E-state index in [1.165, 1.54) is 13.8 Å². The third-order valence-electron chi connectivity index (χ3n) is 3.37. The lowest BCUT2D eigenvalue weighted by Crippen LogP contribution is -2.36. The Kier molecular flexibility index (Phi) is 7.02. The molecule has 0 unspecified atom stereocenters. The molecule has 0 atom stereocenters. The molecule has 0 spiro atoms. The van der Waals surface area contributed by atoms with Crippen LogP contribution in [0.15, 0.2) is 0 Å². The Labute approximate surface area is 123 Å². The summed E-state index contributed by atoms with van der Waals surface area (Å²) in [6, 6.07) is 0. The molecular weight excluding hydrogens is 321 g/mol. The van der Waals surface area contributed by atoms with Gasteiger partial charge in [0.15, 0.2) is 11.5 Å². The van der Waals surface area contributed by atoms with E-state index in [0.717, 1.165) is 0 Å². The molecule has 130 valence electrons. The third kappa shape index (κ3) is 7.22. The van der Waals surface area contributed by atoms with Crippen LogP contribution in [-0.2, 0) is 9.59 Å². The number of Topliss-reactive ketones (excluding diaryl/α,β-unsaturated/α-hetero) is 2. The lowest BCUT2D eigenvalue weighted by Gasteiger charge is -2.23. The molecular formula is C13H17F7O2. The lowest BCUT2D eigenvalue weighted by molar-refractivity contribution is -0.178. The van der Waals surface area contributed by atoms with Crippen LogP contribution in [0, 0.1) is 5.92 Å². The lowest BCUT2D eigenvalue weighted by atomic mass is 9.86. The van der Waals surface area contributed by atoms with Crippen molar-refractivity contribution in [2.45, 2.75) is 64.0 Å². The fourth-order valence-electron chi connectivity index (χ4n) is 1.96. The first-order chi connectivity index (χ1) is 9.74. The summed E-state index contributed by atoms with van der Waals surface area (Å²) >= 11 is 0. The van der Waals surface area contributed by atoms with Crippen LogP contribution in [0.2, 0.25) is 0 Å². The maximum absolute atomic E-state index is 14.0. The van der Waals surface area contributed by atoms with Gasteiger partial charge in [-0.3, -0.25) is 9.59 Å². The van der Waals surface area contributed by atoms with E-state index < -0.39 is 54.8 Å². The fourth-order valence-corrected chi connectivity index (χ4v) is 1.96. The van der Waals surface area contributed by atoms with E-state index in [4.69, 9.17) is 0 Å². The van der Waals surface area contributed by atoms with E-state index in [-0.39, 0.29) is 12.8 Å². The van der Waals surface area contributed by atoms with Crippen LogP contribution in [-0.4, -0.2) is 29.6 Å². The summed E-state index contributed by atoms with van der Waals surface area (Å²) in [6.45, 7) is 2.60. The van der Waals surface area contributed by atoms with E-state index in [1.54, 1.807) is 0 Å². The zero-order valence-electron chi connectivity index (χ0n) is 12.1. The van der Waals surface area contributed by atoms with Gasteiger partial charge < -0.3 is 0 Å². The summed E-state index contributed by atoms with van der Waals surface area (Å²) in [5, 5.41) is 0. The average Bonchev–Trinajstić information content (AvgIpc) is 2.33. The summed E-state index contributed by atoms with van der Waals surface area (Å²) in [5.41, 5.74) is -2.41. The van der Waals surface area contributed by atoms with Crippen LogP contribution in [0.5, 0.6) is 0 Å². The van der Waals surface area contributed by atoms with Crippen molar-refractivity contribution in [3.63, 3.8) is 0 Å². The molecule has 0 saturated heterocycles. The van der Waals surface area contributed by atoms with E-state index in [0.29, 0.717) is 0 Å². The minimum absolute atomic E-state index is 0.307. The number of alkyl halides is 7. The Morgan fingerprint density at radius 1 is 0.818 bits per heavy atom. The van der Waals surface area contributed by atoms with Crippen LogP contribution in [0.4, 0.5) is 30.7 Å². The summed E-state index contributed by atoms with van der Waals surface area (Å²) in [6.07, 6.45) is -15.8. The topological polar surface area (TPSA) is 34.1 Å². The first kappa shape index (κ1) is 20.9. The summed E-state index contributed by atoms with van der Waals surface area (Å²) in [7, 11) is 0. The van der Waals surface area contributed by atoms with Gasteiger partial charge in [0.2, 0.25) is 0 Å². The standard InChI is InChI=1S/C13H17F7O2/c1-3-11(14,4-2)10(22)5-9(21)8(6-12(15,16)17)7-13(18,19)20/h8H,3-7H2,1-2H3. The molecule has 0 radical (unpaired) electrons. The molecule has 2 nitrogen and oxygen atoms in total. The maximum Gasteiger partial charge on any atom is 0.389 e. The smallest absolute Gasteiger partial charge is 0.299 e. The van der Waals surface area contributed by atoms with Crippen molar-refractivity contribution in [1.82, 2.24) is 0 Å². The Morgan fingerprint density at radius 3 is 1.45 bits per heavy atom. The van der Waals surface area contributed by atoms with Crippen molar-refractivity contribution in [2.24, 2.45) is 5.92 Å². The molecule has 22 heavy (non-hydrogen) atoms. The SMILES string of the molecule is CCC(F)(CC)C(=O)CC(=O)C(CC(F)(F)F)CC(F)(F)F. The molecule has 0 aromatic heterocycles. The average molecular weight is 338 g/mol. The minimum atomic E-state index is -4.99. The number of carbonyl (C=O) groups is 2. The van der Waals surface area contributed by atoms with Crippen molar-refractivity contribution in [3.05, 3.63) is 0 Å². The van der Waals surface area contributed by atoms with Gasteiger partial charge in [0.1, 0.15) is 5.78 Å². The van der Waals surface area contributed by atoms with E-state index >= 15 is 0 Å². The first-order valence-electron chi connectivity index (χ1n) is 6.62. The quantitative estimate of drug-likeness (QED) is 0.480. The van der Waals surface area contributed by atoms with Crippen molar-refractivity contribution in [1.29, 1.82) is 0 Å². The van der Waals surface area contributed by atoms with Gasteiger partial charge in [0.25, 0.3) is 0 Å². The van der Waals surface area contributed by atoms with E-state index in [9.17, 15) is 40.3 Å². The van der Waals surface area contributed by atoms with Crippen LogP contribution < -0.4 is 0 Å². The summed E-state index contributed by atoms with van der Waals surface area (Å²) < 4.78 is 87.6. The second kappa shape index (κ2) is 7.41. The normalized spacial score (nSPS) is 13.5. The van der Waals surface area contributed by atoms with Gasteiger partial charge in [-0.1, -0.05) is 13.8 Å². The Morgan fingerprint density at radius 2 is 1.18 bits per heavy atom. The number of ketones is 2. The van der Waals surface area contributed by atoms with Crippen LogP contribution in [0.3, 0.4) is 0 Å². The second-order valence-corrected chi connectivity index (χ2v) is 5.07. The van der Waals surface area contributed by atoms with Gasteiger partial charge in [-0.15, -0.1) is 0 Å². The van der Waals surface area contributed by atoms with Crippen LogP contribution in [0.1, 0.15) is 46.0 Å².